The molecule has 31 heavy (non-hydrogen) atoms. The summed E-state index contributed by atoms with van der Waals surface area (Å²) in [5, 5.41) is 5.38. The molecule has 0 saturated heterocycles. The first kappa shape index (κ1) is 22.5. The highest BCUT2D eigenvalue weighted by Gasteiger charge is 2.20. The maximum absolute atomic E-state index is 12.2. The summed E-state index contributed by atoms with van der Waals surface area (Å²) in [5.41, 5.74) is 3.24. The lowest BCUT2D eigenvalue weighted by Gasteiger charge is -2.14. The molecule has 0 unspecified atom stereocenters. The molecular formula is C21H24N4O5S. The van der Waals surface area contributed by atoms with E-state index in [2.05, 4.69) is 15.6 Å². The molecular weight excluding hydrogens is 420 g/mol. The van der Waals surface area contributed by atoms with Gasteiger partial charge in [-0.2, -0.15) is 0 Å². The number of hydrogen-bond donors (Lipinski definition) is 2. The largest absolute Gasteiger partial charge is 0.444 e. The van der Waals surface area contributed by atoms with Gasteiger partial charge in [0, 0.05) is 31.3 Å². The summed E-state index contributed by atoms with van der Waals surface area (Å²) in [4.78, 5) is 21.3. The van der Waals surface area contributed by atoms with E-state index in [1.54, 1.807) is 6.26 Å². The lowest BCUT2D eigenvalue weighted by molar-refractivity contribution is -0.0258. The Morgan fingerprint density at radius 2 is 1.81 bits per heavy atom. The summed E-state index contributed by atoms with van der Waals surface area (Å²) in [7, 11) is -1.17. The van der Waals surface area contributed by atoms with Crippen LogP contribution in [0.15, 0.2) is 64.1 Å². The van der Waals surface area contributed by atoms with Crippen molar-refractivity contribution in [2.45, 2.75) is 18.2 Å². The number of rotatable bonds is 8. The molecule has 2 N–H and O–H groups in total. The van der Waals surface area contributed by atoms with Crippen LogP contribution in [0.2, 0.25) is 0 Å². The average Bonchev–Trinajstić information content (AvgIpc) is 3.23. The summed E-state index contributed by atoms with van der Waals surface area (Å²) < 4.78 is 30.6. The van der Waals surface area contributed by atoms with Crippen LogP contribution >= 0.6 is 0 Å². The normalized spacial score (nSPS) is 11.5. The second-order valence-electron chi connectivity index (χ2n) is 6.76. The second-order valence-corrected chi connectivity index (χ2v) is 8.70. The number of carbonyl (C=O) groups is 1. The third-order valence-electron chi connectivity index (χ3n) is 4.52. The van der Waals surface area contributed by atoms with Crippen LogP contribution in [0.5, 0.6) is 0 Å². The van der Waals surface area contributed by atoms with E-state index in [-0.39, 0.29) is 4.90 Å². The molecule has 0 atom stereocenters. The molecule has 10 heteroatoms. The van der Waals surface area contributed by atoms with Gasteiger partial charge in [-0.15, -0.1) is 0 Å². The Morgan fingerprint density at radius 1 is 1.13 bits per heavy atom. The van der Waals surface area contributed by atoms with E-state index in [4.69, 9.17) is 9.25 Å². The number of nitrogens with one attached hydrogen (secondary N) is 2. The number of anilines is 1. The molecule has 0 fully saturated rings. The van der Waals surface area contributed by atoms with Crippen molar-refractivity contribution >= 4 is 21.7 Å². The number of aromatic nitrogens is 1. The lowest BCUT2D eigenvalue weighted by Crippen LogP contribution is -2.30. The summed E-state index contributed by atoms with van der Waals surface area (Å²) in [6, 6.07) is 13.2. The van der Waals surface area contributed by atoms with E-state index < -0.39 is 16.1 Å². The minimum atomic E-state index is -3.73. The molecule has 0 aliphatic heterocycles. The average molecular weight is 445 g/mol. The number of sulfonamides is 1. The fourth-order valence-electron chi connectivity index (χ4n) is 2.69. The standard InChI is InChI=1S/C21H24N4O5S/c1-15-4-6-16(7-5-15)20-23-18(14-30-20)12-13-22-21(26)24-17-8-10-19(11-9-17)31(27,28)25(2)29-3/h4-11,14H,12-13H2,1-3H3,(H2,22,24,26). The van der Waals surface area contributed by atoms with E-state index >= 15 is 0 Å². The number of aryl methyl sites for hydroxylation is 1. The molecule has 0 saturated carbocycles. The summed E-state index contributed by atoms with van der Waals surface area (Å²) >= 11 is 0. The molecule has 3 aromatic rings. The van der Waals surface area contributed by atoms with Gasteiger partial charge in [0.2, 0.25) is 5.89 Å². The monoisotopic (exact) mass is 444 g/mol. The van der Waals surface area contributed by atoms with Gasteiger partial charge in [0.25, 0.3) is 10.0 Å². The smallest absolute Gasteiger partial charge is 0.319 e. The van der Waals surface area contributed by atoms with Gasteiger partial charge in [0.1, 0.15) is 6.26 Å². The molecule has 9 nitrogen and oxygen atoms in total. The van der Waals surface area contributed by atoms with Crippen molar-refractivity contribution < 1.29 is 22.5 Å². The van der Waals surface area contributed by atoms with Gasteiger partial charge < -0.3 is 15.1 Å². The van der Waals surface area contributed by atoms with Gasteiger partial charge in [-0.1, -0.05) is 22.2 Å². The zero-order chi connectivity index (χ0) is 22.4. The molecule has 0 bridgehead atoms. The van der Waals surface area contributed by atoms with Crippen LogP contribution in [0, 0.1) is 6.92 Å². The topological polar surface area (TPSA) is 114 Å². The molecule has 1 aromatic heterocycles. The second kappa shape index (κ2) is 9.73. The quantitative estimate of drug-likeness (QED) is 0.516. The van der Waals surface area contributed by atoms with E-state index in [9.17, 15) is 13.2 Å². The minimum Gasteiger partial charge on any atom is -0.444 e. The van der Waals surface area contributed by atoms with Crippen molar-refractivity contribution in [3.8, 4) is 11.5 Å². The first-order valence-electron chi connectivity index (χ1n) is 9.49. The van der Waals surface area contributed by atoms with Crippen LogP contribution in [-0.2, 0) is 21.3 Å². The van der Waals surface area contributed by atoms with Crippen LogP contribution in [0.25, 0.3) is 11.5 Å². The van der Waals surface area contributed by atoms with Crippen LogP contribution in [0.3, 0.4) is 0 Å². The Labute approximate surface area is 181 Å². The van der Waals surface area contributed by atoms with E-state index in [0.717, 1.165) is 21.3 Å². The summed E-state index contributed by atoms with van der Waals surface area (Å²) in [6.07, 6.45) is 2.08. The summed E-state index contributed by atoms with van der Waals surface area (Å²) in [6.45, 7) is 2.37. The summed E-state index contributed by atoms with van der Waals surface area (Å²) in [5.74, 6) is 0.536. The number of urea groups is 1. The first-order valence-corrected chi connectivity index (χ1v) is 10.9. The van der Waals surface area contributed by atoms with Gasteiger partial charge in [-0.05, 0) is 43.3 Å². The highest BCUT2D eigenvalue weighted by atomic mass is 32.2. The number of oxazole rings is 1. The number of hydrogen-bond acceptors (Lipinski definition) is 6. The van der Waals surface area contributed by atoms with Crippen molar-refractivity contribution in [3.63, 3.8) is 0 Å². The van der Waals surface area contributed by atoms with E-state index in [1.165, 1.54) is 38.4 Å². The van der Waals surface area contributed by atoms with Gasteiger partial charge in [-0.25, -0.2) is 18.2 Å². The highest BCUT2D eigenvalue weighted by Crippen LogP contribution is 2.19. The number of nitrogens with zero attached hydrogens (tertiary/aromatic N) is 2. The Kier molecular flexibility index (Phi) is 7.06. The van der Waals surface area contributed by atoms with Gasteiger partial charge in [0.15, 0.2) is 0 Å². The van der Waals surface area contributed by atoms with Crippen LogP contribution in [-0.4, -0.2) is 44.6 Å². The molecule has 0 aliphatic rings. The molecule has 164 valence electrons. The zero-order valence-corrected chi connectivity index (χ0v) is 18.3. The Balaban J connectivity index is 1.49. The maximum atomic E-state index is 12.2. The van der Waals surface area contributed by atoms with Gasteiger partial charge >= 0.3 is 6.03 Å². The highest BCUT2D eigenvalue weighted by molar-refractivity contribution is 7.89. The third kappa shape index (κ3) is 5.69. The van der Waals surface area contributed by atoms with Gasteiger partial charge in [0.05, 0.1) is 17.7 Å². The molecule has 2 aromatic carbocycles. The van der Waals surface area contributed by atoms with E-state index in [1.807, 2.05) is 31.2 Å². The maximum Gasteiger partial charge on any atom is 0.319 e. The lowest BCUT2D eigenvalue weighted by atomic mass is 10.1. The number of benzene rings is 2. The van der Waals surface area contributed by atoms with Gasteiger partial charge in [-0.3, -0.25) is 4.84 Å². The predicted octanol–water partition coefficient (Wildman–Crippen LogP) is 3.20. The fraction of sp³-hybridized carbons (Fsp3) is 0.238. The van der Waals surface area contributed by atoms with Crippen molar-refractivity contribution in [2.24, 2.45) is 0 Å². The SMILES string of the molecule is CON(C)S(=O)(=O)c1ccc(NC(=O)NCCc2coc(-c3ccc(C)cc3)n2)cc1. The van der Waals surface area contributed by atoms with Crippen molar-refractivity contribution in [3.05, 3.63) is 66.1 Å². The van der Waals surface area contributed by atoms with Crippen LogP contribution in [0.1, 0.15) is 11.3 Å². The molecule has 3 rings (SSSR count). The number of amides is 2. The Morgan fingerprint density at radius 3 is 2.45 bits per heavy atom. The van der Waals surface area contributed by atoms with Crippen molar-refractivity contribution in [1.82, 2.24) is 14.8 Å². The van der Waals surface area contributed by atoms with Crippen molar-refractivity contribution in [2.75, 3.05) is 26.0 Å². The Bertz CT molecular complexity index is 1130. The predicted molar refractivity (Wildman–Crippen MR) is 116 cm³/mol. The molecule has 1 heterocycles. The first-order chi connectivity index (χ1) is 14.8. The third-order valence-corrected chi connectivity index (χ3v) is 6.22. The van der Waals surface area contributed by atoms with Crippen molar-refractivity contribution in [1.29, 1.82) is 0 Å². The van der Waals surface area contributed by atoms with Crippen LogP contribution in [0.4, 0.5) is 10.5 Å². The number of hydroxylamine groups is 1. The zero-order valence-electron chi connectivity index (χ0n) is 17.5. The Hall–Kier alpha value is -3.21. The molecule has 0 spiro atoms. The number of carbonyl (C=O) groups excluding carboxylic acids is 1. The molecule has 0 radical (unpaired) electrons. The minimum absolute atomic E-state index is 0.0539. The molecule has 2 amide bonds. The molecule has 0 aliphatic carbocycles. The fourth-order valence-corrected chi connectivity index (χ4v) is 3.66. The van der Waals surface area contributed by atoms with E-state index in [0.29, 0.717) is 24.5 Å². The van der Waals surface area contributed by atoms with Crippen LogP contribution < -0.4 is 10.6 Å².